The second-order valence-electron chi connectivity index (χ2n) is 4.77. The minimum absolute atomic E-state index is 0.230. The molecule has 3 N–H and O–H groups in total. The molecule has 21 heavy (non-hydrogen) atoms. The smallest absolute Gasteiger partial charge is 0.278 e. The number of halogens is 1. The SMILES string of the molecule is Cn1cc(N)c(C(=O)Nc2ccc3cc(Br)ccc3c2)n1. The molecule has 1 aromatic heterocycles. The van der Waals surface area contributed by atoms with E-state index in [2.05, 4.69) is 26.3 Å². The molecule has 0 saturated carbocycles. The summed E-state index contributed by atoms with van der Waals surface area (Å²) in [5.41, 5.74) is 7.05. The van der Waals surface area contributed by atoms with E-state index in [9.17, 15) is 4.79 Å². The summed E-state index contributed by atoms with van der Waals surface area (Å²) in [6.45, 7) is 0. The van der Waals surface area contributed by atoms with Crippen molar-refractivity contribution in [3.8, 4) is 0 Å². The van der Waals surface area contributed by atoms with Crippen molar-refractivity contribution in [1.82, 2.24) is 9.78 Å². The van der Waals surface area contributed by atoms with E-state index < -0.39 is 0 Å². The van der Waals surface area contributed by atoms with E-state index in [4.69, 9.17) is 5.73 Å². The molecule has 0 radical (unpaired) electrons. The quantitative estimate of drug-likeness (QED) is 0.749. The van der Waals surface area contributed by atoms with Crippen LogP contribution < -0.4 is 11.1 Å². The number of hydrogen-bond donors (Lipinski definition) is 2. The van der Waals surface area contributed by atoms with E-state index in [1.807, 2.05) is 36.4 Å². The highest BCUT2D eigenvalue weighted by Gasteiger charge is 2.14. The summed E-state index contributed by atoms with van der Waals surface area (Å²) < 4.78 is 2.54. The van der Waals surface area contributed by atoms with Gasteiger partial charge >= 0.3 is 0 Å². The molecule has 3 rings (SSSR count). The normalized spacial score (nSPS) is 10.8. The number of carbonyl (C=O) groups is 1. The Morgan fingerprint density at radius 1 is 1.24 bits per heavy atom. The lowest BCUT2D eigenvalue weighted by molar-refractivity contribution is 0.102. The van der Waals surface area contributed by atoms with Gasteiger partial charge in [-0.1, -0.05) is 28.1 Å². The Labute approximate surface area is 129 Å². The molecule has 0 unspecified atom stereocenters. The van der Waals surface area contributed by atoms with Crippen LogP contribution in [0, 0.1) is 0 Å². The molecule has 0 fully saturated rings. The summed E-state index contributed by atoms with van der Waals surface area (Å²) in [7, 11) is 1.72. The van der Waals surface area contributed by atoms with Crippen LogP contribution in [0.3, 0.4) is 0 Å². The summed E-state index contributed by atoms with van der Waals surface area (Å²) in [6, 6.07) is 11.7. The number of nitrogens with two attached hydrogens (primary N) is 1. The first kappa shape index (κ1) is 13.6. The van der Waals surface area contributed by atoms with Crippen molar-refractivity contribution in [2.24, 2.45) is 7.05 Å². The van der Waals surface area contributed by atoms with Crippen molar-refractivity contribution in [3.05, 3.63) is 52.8 Å². The maximum absolute atomic E-state index is 12.2. The average molecular weight is 345 g/mol. The van der Waals surface area contributed by atoms with Crippen LogP contribution in [-0.2, 0) is 7.05 Å². The lowest BCUT2D eigenvalue weighted by Crippen LogP contribution is -2.14. The molecule has 0 aliphatic heterocycles. The number of nitrogens with one attached hydrogen (secondary N) is 1. The number of nitrogens with zero attached hydrogens (tertiary/aromatic N) is 2. The van der Waals surface area contributed by atoms with E-state index >= 15 is 0 Å². The lowest BCUT2D eigenvalue weighted by atomic mass is 10.1. The summed E-state index contributed by atoms with van der Waals surface area (Å²) in [6.07, 6.45) is 1.60. The molecule has 0 spiro atoms. The molecule has 2 aromatic carbocycles. The number of hydrogen-bond acceptors (Lipinski definition) is 3. The van der Waals surface area contributed by atoms with Crippen molar-refractivity contribution >= 4 is 44.0 Å². The third-order valence-electron chi connectivity index (χ3n) is 3.13. The Bertz CT molecular complexity index is 841. The Balaban J connectivity index is 1.89. The van der Waals surface area contributed by atoms with Crippen molar-refractivity contribution in [1.29, 1.82) is 0 Å². The molecule has 0 atom stereocenters. The molecule has 0 saturated heterocycles. The highest BCUT2D eigenvalue weighted by atomic mass is 79.9. The average Bonchev–Trinajstić information content (AvgIpc) is 2.78. The van der Waals surface area contributed by atoms with Gasteiger partial charge in [-0.05, 0) is 35.0 Å². The molecule has 1 amide bonds. The summed E-state index contributed by atoms with van der Waals surface area (Å²) >= 11 is 3.44. The van der Waals surface area contributed by atoms with E-state index in [0.29, 0.717) is 11.4 Å². The minimum Gasteiger partial charge on any atom is -0.396 e. The number of benzene rings is 2. The van der Waals surface area contributed by atoms with Crippen LogP contribution in [0.1, 0.15) is 10.5 Å². The topological polar surface area (TPSA) is 72.9 Å². The number of anilines is 2. The molecular formula is C15H13BrN4O. The van der Waals surface area contributed by atoms with Crippen LogP contribution in [0.4, 0.5) is 11.4 Å². The second-order valence-corrected chi connectivity index (χ2v) is 5.68. The van der Waals surface area contributed by atoms with Crippen LogP contribution in [0.25, 0.3) is 10.8 Å². The predicted octanol–water partition coefficient (Wildman–Crippen LogP) is 3.17. The van der Waals surface area contributed by atoms with E-state index in [-0.39, 0.29) is 11.6 Å². The molecule has 0 aliphatic rings. The molecular weight excluding hydrogens is 332 g/mol. The van der Waals surface area contributed by atoms with Gasteiger partial charge < -0.3 is 11.1 Å². The maximum Gasteiger partial charge on any atom is 0.278 e. The molecule has 0 bridgehead atoms. The van der Waals surface area contributed by atoms with Gasteiger partial charge in [0, 0.05) is 23.4 Å². The molecule has 106 valence electrons. The Hall–Kier alpha value is -2.34. The Kier molecular flexibility index (Phi) is 3.39. The van der Waals surface area contributed by atoms with Crippen molar-refractivity contribution < 1.29 is 4.79 Å². The van der Waals surface area contributed by atoms with Gasteiger partial charge in [0.05, 0.1) is 5.69 Å². The fourth-order valence-electron chi connectivity index (χ4n) is 2.17. The number of amides is 1. The van der Waals surface area contributed by atoms with Crippen molar-refractivity contribution in [2.45, 2.75) is 0 Å². The minimum atomic E-state index is -0.315. The van der Waals surface area contributed by atoms with Crippen LogP contribution in [0.2, 0.25) is 0 Å². The largest absolute Gasteiger partial charge is 0.396 e. The van der Waals surface area contributed by atoms with Gasteiger partial charge in [0.15, 0.2) is 5.69 Å². The van der Waals surface area contributed by atoms with Gasteiger partial charge in [-0.2, -0.15) is 5.10 Å². The predicted molar refractivity (Wildman–Crippen MR) is 87.2 cm³/mol. The fourth-order valence-corrected chi connectivity index (χ4v) is 2.55. The standard InChI is InChI=1S/C15H13BrN4O/c1-20-8-13(17)14(19-20)15(21)18-12-5-3-9-6-11(16)4-2-10(9)7-12/h2-8H,17H2,1H3,(H,18,21). The van der Waals surface area contributed by atoms with Crippen LogP contribution in [-0.4, -0.2) is 15.7 Å². The Morgan fingerprint density at radius 2 is 1.95 bits per heavy atom. The second kappa shape index (κ2) is 5.21. The molecule has 5 nitrogen and oxygen atoms in total. The zero-order valence-electron chi connectivity index (χ0n) is 11.3. The molecule has 3 aromatic rings. The van der Waals surface area contributed by atoms with Crippen LogP contribution in [0.5, 0.6) is 0 Å². The third-order valence-corrected chi connectivity index (χ3v) is 3.63. The summed E-state index contributed by atoms with van der Waals surface area (Å²) in [5, 5.41) is 9.01. The first-order valence-electron chi connectivity index (χ1n) is 6.33. The highest BCUT2D eigenvalue weighted by molar-refractivity contribution is 9.10. The molecule has 6 heteroatoms. The van der Waals surface area contributed by atoms with Gasteiger partial charge in [0.2, 0.25) is 0 Å². The fraction of sp³-hybridized carbons (Fsp3) is 0.0667. The van der Waals surface area contributed by atoms with Crippen LogP contribution >= 0.6 is 15.9 Å². The first-order chi connectivity index (χ1) is 10.0. The molecule has 1 heterocycles. The molecule has 0 aliphatic carbocycles. The van der Waals surface area contributed by atoms with Gasteiger partial charge in [-0.3, -0.25) is 9.48 Å². The van der Waals surface area contributed by atoms with Crippen molar-refractivity contribution in [3.63, 3.8) is 0 Å². The van der Waals surface area contributed by atoms with E-state index in [1.165, 1.54) is 4.68 Å². The van der Waals surface area contributed by atoms with Gasteiger partial charge in [-0.25, -0.2) is 0 Å². The number of rotatable bonds is 2. The zero-order chi connectivity index (χ0) is 15.0. The zero-order valence-corrected chi connectivity index (χ0v) is 12.9. The van der Waals surface area contributed by atoms with E-state index in [0.717, 1.165) is 15.2 Å². The maximum atomic E-state index is 12.2. The number of carbonyl (C=O) groups excluding carboxylic acids is 1. The number of nitrogen functional groups attached to an aromatic ring is 1. The van der Waals surface area contributed by atoms with Crippen LogP contribution in [0.15, 0.2) is 47.1 Å². The third kappa shape index (κ3) is 2.75. The first-order valence-corrected chi connectivity index (χ1v) is 7.12. The van der Waals surface area contributed by atoms with E-state index in [1.54, 1.807) is 13.2 Å². The summed E-state index contributed by atoms with van der Waals surface area (Å²) in [4.78, 5) is 12.2. The van der Waals surface area contributed by atoms with Gasteiger partial charge in [-0.15, -0.1) is 0 Å². The van der Waals surface area contributed by atoms with Gasteiger partial charge in [0.25, 0.3) is 5.91 Å². The van der Waals surface area contributed by atoms with Crippen molar-refractivity contribution in [2.75, 3.05) is 11.1 Å². The Morgan fingerprint density at radius 3 is 2.67 bits per heavy atom. The number of aromatic nitrogens is 2. The summed E-state index contributed by atoms with van der Waals surface area (Å²) in [5.74, 6) is -0.315. The number of aryl methyl sites for hydroxylation is 1. The monoisotopic (exact) mass is 344 g/mol. The highest BCUT2D eigenvalue weighted by Crippen LogP contribution is 2.23. The number of fused-ring (bicyclic) bond motifs is 1. The van der Waals surface area contributed by atoms with Gasteiger partial charge in [0.1, 0.15) is 0 Å². The lowest BCUT2D eigenvalue weighted by Gasteiger charge is -2.06.